The van der Waals surface area contributed by atoms with Gasteiger partial charge in [-0.2, -0.15) is 0 Å². The van der Waals surface area contributed by atoms with Gasteiger partial charge in [0, 0.05) is 25.0 Å². The molecule has 2 aliphatic heterocycles. The number of hydrogen-bond donors (Lipinski definition) is 4. The van der Waals surface area contributed by atoms with Gasteiger partial charge in [0.1, 0.15) is 11.5 Å². The van der Waals surface area contributed by atoms with Crippen molar-refractivity contribution in [3.05, 3.63) is 22.8 Å². The minimum Gasteiger partial charge on any atom is -0.507 e. The van der Waals surface area contributed by atoms with E-state index >= 15 is 0 Å². The molecule has 0 aromatic heterocycles. The van der Waals surface area contributed by atoms with Gasteiger partial charge in [-0.15, -0.1) is 0 Å². The van der Waals surface area contributed by atoms with Crippen molar-refractivity contribution >= 4 is 12.1 Å². The summed E-state index contributed by atoms with van der Waals surface area (Å²) in [6.07, 6.45) is -2.92. The first-order valence-corrected chi connectivity index (χ1v) is 12.2. The summed E-state index contributed by atoms with van der Waals surface area (Å²) in [6, 6.07) is 1.36. The molecule has 1 aromatic rings. The van der Waals surface area contributed by atoms with Crippen LogP contribution in [0, 0.1) is 17.8 Å². The monoisotopic (exact) mass is 494 g/mol. The number of methoxy groups -OCH3 is 1. The minimum absolute atomic E-state index is 0.0462. The summed E-state index contributed by atoms with van der Waals surface area (Å²) in [7, 11) is 1.46. The number of phenolic OH excluding ortho intramolecular Hbond substituents is 2. The first-order valence-electron chi connectivity index (χ1n) is 12.2. The Morgan fingerprint density at radius 1 is 1.23 bits per heavy atom. The van der Waals surface area contributed by atoms with Gasteiger partial charge >= 0.3 is 0 Å². The predicted octanol–water partition coefficient (Wildman–Crippen LogP) is 3.11. The molecule has 2 unspecified atom stereocenters. The molecule has 2 aliphatic rings. The van der Waals surface area contributed by atoms with Crippen LogP contribution in [0.15, 0.2) is 6.07 Å². The Bertz CT molecular complexity index is 929. The van der Waals surface area contributed by atoms with Gasteiger partial charge < -0.3 is 34.6 Å². The molecule has 1 spiro atoms. The number of aliphatic hydroxyl groups excluding tert-OH is 2. The van der Waals surface area contributed by atoms with Gasteiger partial charge in [0.05, 0.1) is 35.5 Å². The van der Waals surface area contributed by atoms with Crippen LogP contribution in [0.2, 0.25) is 0 Å². The molecule has 2 heterocycles. The van der Waals surface area contributed by atoms with E-state index < -0.39 is 59.0 Å². The van der Waals surface area contributed by atoms with Crippen LogP contribution in [0.3, 0.4) is 0 Å². The van der Waals surface area contributed by atoms with Crippen molar-refractivity contribution in [3.8, 4) is 11.5 Å². The zero-order valence-corrected chi connectivity index (χ0v) is 21.2. The van der Waals surface area contributed by atoms with Crippen molar-refractivity contribution in [2.75, 3.05) is 7.11 Å². The number of hydrogen-bond acceptors (Lipinski definition) is 9. The fourth-order valence-corrected chi connectivity index (χ4v) is 5.40. The standard InChI is InChI=1S/C26H38O9/c1-7-20-26(35-20)19(28)10-18(34-25(26)32)14(8-12(2)3)21(29)15-9-16(24(33-6)13(4)5)23(31)17(11-27)22(15)30/h9,11-14,18-20,24-25,28,30-32H,7-8,10H2,1-6H3/t14?,18-,19-,20+,24?,25-,26-/m1/s1. The Morgan fingerprint density at radius 3 is 2.34 bits per heavy atom. The van der Waals surface area contributed by atoms with E-state index in [1.807, 2.05) is 34.6 Å². The van der Waals surface area contributed by atoms with Crippen LogP contribution in [0.25, 0.3) is 0 Å². The van der Waals surface area contributed by atoms with Crippen LogP contribution in [0.4, 0.5) is 0 Å². The molecular weight excluding hydrogens is 456 g/mol. The van der Waals surface area contributed by atoms with Gasteiger partial charge in [0.25, 0.3) is 0 Å². The van der Waals surface area contributed by atoms with Crippen LogP contribution in [0.5, 0.6) is 11.5 Å². The van der Waals surface area contributed by atoms with Crippen molar-refractivity contribution in [3.63, 3.8) is 0 Å². The van der Waals surface area contributed by atoms with E-state index in [4.69, 9.17) is 14.2 Å². The van der Waals surface area contributed by atoms with E-state index in [1.54, 1.807) is 0 Å². The quantitative estimate of drug-likeness (QED) is 0.219. The highest BCUT2D eigenvalue weighted by molar-refractivity contribution is 6.04. The van der Waals surface area contributed by atoms with E-state index in [2.05, 4.69) is 0 Å². The number of carbonyl (C=O) groups excluding carboxylic acids is 2. The van der Waals surface area contributed by atoms with E-state index in [1.165, 1.54) is 13.2 Å². The van der Waals surface area contributed by atoms with E-state index in [0.717, 1.165) is 0 Å². The number of benzene rings is 1. The predicted molar refractivity (Wildman–Crippen MR) is 126 cm³/mol. The maximum absolute atomic E-state index is 13.9. The highest BCUT2D eigenvalue weighted by atomic mass is 16.7. The summed E-state index contributed by atoms with van der Waals surface area (Å²) >= 11 is 0. The molecule has 196 valence electrons. The van der Waals surface area contributed by atoms with Crippen LogP contribution in [0.1, 0.15) is 86.3 Å². The lowest BCUT2D eigenvalue weighted by atomic mass is 9.78. The topological polar surface area (TPSA) is 146 Å². The Hall–Kier alpha value is -2.04. The van der Waals surface area contributed by atoms with Gasteiger partial charge in [-0.1, -0.05) is 34.6 Å². The highest BCUT2D eigenvalue weighted by Gasteiger charge is 2.68. The average Bonchev–Trinajstić information content (AvgIpc) is 3.53. The molecule has 0 amide bonds. The third-order valence-electron chi connectivity index (χ3n) is 7.23. The highest BCUT2D eigenvalue weighted by Crippen LogP contribution is 2.51. The molecule has 1 aromatic carbocycles. The molecule has 0 aliphatic carbocycles. The van der Waals surface area contributed by atoms with Crippen molar-refractivity contribution in [1.29, 1.82) is 0 Å². The molecule has 4 N–H and O–H groups in total. The summed E-state index contributed by atoms with van der Waals surface area (Å²) in [4.78, 5) is 25.6. The maximum Gasteiger partial charge on any atom is 0.189 e. The molecule has 35 heavy (non-hydrogen) atoms. The van der Waals surface area contributed by atoms with E-state index in [9.17, 15) is 30.0 Å². The van der Waals surface area contributed by atoms with Gasteiger partial charge in [0.2, 0.25) is 0 Å². The lowest BCUT2D eigenvalue weighted by molar-refractivity contribution is -0.239. The third-order valence-corrected chi connectivity index (χ3v) is 7.23. The van der Waals surface area contributed by atoms with Crippen LogP contribution in [-0.2, 0) is 14.2 Å². The SMILES string of the molecule is CC[C@@H]1O[C@]12[C@H](O)C[C@H](C(CC(C)C)C(=O)c1cc(C(OC)C(C)C)c(O)c(C=O)c1O)O[C@H]2O. The number of aldehydes is 1. The summed E-state index contributed by atoms with van der Waals surface area (Å²) in [5.41, 5.74) is -1.50. The lowest BCUT2D eigenvalue weighted by Crippen LogP contribution is -2.55. The van der Waals surface area contributed by atoms with Crippen molar-refractivity contribution in [1.82, 2.24) is 0 Å². The Kier molecular flexibility index (Phi) is 8.28. The van der Waals surface area contributed by atoms with Crippen LogP contribution in [-0.4, -0.2) is 69.8 Å². The molecule has 9 heteroatoms. The third kappa shape index (κ3) is 4.84. The average molecular weight is 495 g/mol. The van der Waals surface area contributed by atoms with E-state index in [0.29, 0.717) is 19.1 Å². The van der Waals surface area contributed by atoms with Crippen LogP contribution < -0.4 is 0 Å². The van der Waals surface area contributed by atoms with Gasteiger partial charge in [-0.3, -0.25) is 9.59 Å². The molecule has 3 rings (SSSR count). The maximum atomic E-state index is 13.9. The fourth-order valence-electron chi connectivity index (χ4n) is 5.40. The number of ketones is 1. The van der Waals surface area contributed by atoms with Crippen LogP contribution >= 0.6 is 0 Å². The smallest absolute Gasteiger partial charge is 0.189 e. The summed E-state index contributed by atoms with van der Waals surface area (Å²) in [5, 5.41) is 43.0. The molecule has 2 saturated heterocycles. The number of ether oxygens (including phenoxy) is 3. The summed E-state index contributed by atoms with van der Waals surface area (Å²) in [5.74, 6) is -2.46. The van der Waals surface area contributed by atoms with Crippen molar-refractivity contribution in [2.24, 2.45) is 17.8 Å². The Labute approximate surface area is 206 Å². The number of rotatable bonds is 10. The molecule has 0 bridgehead atoms. The molecule has 2 fully saturated rings. The number of aromatic hydroxyl groups is 2. The normalized spacial score (nSPS) is 30.0. The summed E-state index contributed by atoms with van der Waals surface area (Å²) in [6.45, 7) is 9.46. The molecule has 7 atom stereocenters. The first kappa shape index (κ1) is 27.5. The minimum atomic E-state index is -1.41. The second-order valence-corrected chi connectivity index (χ2v) is 10.4. The number of aliphatic hydroxyl groups is 2. The lowest BCUT2D eigenvalue weighted by Gasteiger charge is -2.39. The summed E-state index contributed by atoms with van der Waals surface area (Å²) < 4.78 is 16.9. The molecule has 9 nitrogen and oxygen atoms in total. The number of Topliss-reactive ketones (excluding diaryl/α,β-unsaturated/α-hetero) is 1. The van der Waals surface area contributed by atoms with Gasteiger partial charge in [-0.05, 0) is 30.7 Å². The number of epoxide rings is 1. The molecule has 0 saturated carbocycles. The fraction of sp³-hybridized carbons (Fsp3) is 0.692. The zero-order chi connectivity index (χ0) is 26.2. The Balaban J connectivity index is 2.02. The second kappa shape index (κ2) is 10.5. The second-order valence-electron chi connectivity index (χ2n) is 10.4. The van der Waals surface area contributed by atoms with Gasteiger partial charge in [0.15, 0.2) is 24.0 Å². The molecular formula is C26H38O9. The zero-order valence-electron chi connectivity index (χ0n) is 21.2. The largest absolute Gasteiger partial charge is 0.507 e. The van der Waals surface area contributed by atoms with Crippen molar-refractivity contribution < 1.29 is 44.2 Å². The molecule has 0 radical (unpaired) electrons. The van der Waals surface area contributed by atoms with Crippen molar-refractivity contribution in [2.45, 2.75) is 90.2 Å². The van der Waals surface area contributed by atoms with E-state index in [-0.39, 0.29) is 35.5 Å². The van der Waals surface area contributed by atoms with Gasteiger partial charge in [-0.25, -0.2) is 0 Å². The number of carbonyl (C=O) groups is 2. The number of phenols is 2. The first-order chi connectivity index (χ1) is 16.4. The Morgan fingerprint density at radius 2 is 1.89 bits per heavy atom.